The van der Waals surface area contributed by atoms with Gasteiger partial charge >= 0.3 is 0 Å². The largest absolute Gasteiger partial charge is 0.456 e. The molecule has 0 unspecified atom stereocenters. The molecule has 0 saturated carbocycles. The van der Waals surface area contributed by atoms with Crippen molar-refractivity contribution in [2.24, 2.45) is 0 Å². The zero-order chi connectivity index (χ0) is 36.0. The first kappa shape index (κ1) is 30.8. The fourth-order valence-corrected chi connectivity index (χ4v) is 8.90. The lowest BCUT2D eigenvalue weighted by molar-refractivity contribution is 0.660. The van der Waals surface area contributed by atoms with Crippen LogP contribution in [0.25, 0.3) is 77.3 Å². The van der Waals surface area contributed by atoms with Gasteiger partial charge in [0.15, 0.2) is 0 Å². The second-order valence-electron chi connectivity index (χ2n) is 14.9. The van der Waals surface area contributed by atoms with Gasteiger partial charge in [0.2, 0.25) is 0 Å². The molecule has 256 valence electrons. The summed E-state index contributed by atoms with van der Waals surface area (Å²) in [6, 6.07) is 62.8. The van der Waals surface area contributed by atoms with Gasteiger partial charge in [-0.15, -0.1) is 0 Å². The second-order valence-corrected chi connectivity index (χ2v) is 14.9. The predicted octanol–water partition coefficient (Wildman–Crippen LogP) is 14.6. The number of anilines is 3. The SMILES string of the molecule is CC1(C)c2ccccc2-c2ccc(N(c3cccc4oc5ccc(-c6ccccc6)cc5c34)c3cccc4oc5c(-c6ccccc6)cccc5c34)cc21. The maximum Gasteiger partial charge on any atom is 0.143 e. The van der Waals surface area contributed by atoms with Gasteiger partial charge in [-0.2, -0.15) is 0 Å². The first-order valence-corrected chi connectivity index (χ1v) is 18.6. The van der Waals surface area contributed by atoms with Gasteiger partial charge in [-0.3, -0.25) is 0 Å². The van der Waals surface area contributed by atoms with Crippen LogP contribution in [0.3, 0.4) is 0 Å². The van der Waals surface area contributed by atoms with Crippen molar-refractivity contribution in [1.82, 2.24) is 0 Å². The highest BCUT2D eigenvalue weighted by Gasteiger charge is 2.36. The number of hydrogen-bond acceptors (Lipinski definition) is 3. The molecule has 2 aromatic heterocycles. The first-order chi connectivity index (χ1) is 26.5. The van der Waals surface area contributed by atoms with Crippen molar-refractivity contribution in [2.45, 2.75) is 19.3 Å². The first-order valence-electron chi connectivity index (χ1n) is 18.6. The summed E-state index contributed by atoms with van der Waals surface area (Å²) >= 11 is 0. The average Bonchev–Trinajstić information content (AvgIpc) is 3.87. The molecule has 0 atom stereocenters. The van der Waals surface area contributed by atoms with Crippen LogP contribution in [-0.2, 0) is 5.41 Å². The Bertz CT molecular complexity index is 3060. The van der Waals surface area contributed by atoms with Crippen molar-refractivity contribution in [3.8, 4) is 33.4 Å². The fourth-order valence-electron chi connectivity index (χ4n) is 8.90. The molecule has 0 fully saturated rings. The number of benzene rings is 8. The van der Waals surface area contributed by atoms with Crippen molar-refractivity contribution in [3.63, 3.8) is 0 Å². The standard InChI is InChI=1S/C51H35NO2/c1-51(2)41-21-10-9-18-37(41)38-28-27-35(31-42(38)51)52(43-22-13-25-47-48(43)39-20-11-19-36(50(39)54-47)33-16-7-4-8-17-33)44-23-12-24-46-49(44)40-30-34(26-29-45(40)53-46)32-14-5-3-6-15-32/h3-31H,1-2H3. The van der Waals surface area contributed by atoms with Crippen LogP contribution in [-0.4, -0.2) is 0 Å². The maximum atomic E-state index is 6.81. The average molecular weight is 694 g/mol. The quantitative estimate of drug-likeness (QED) is 0.180. The van der Waals surface area contributed by atoms with E-state index in [0.29, 0.717) is 0 Å². The molecule has 3 heteroatoms. The normalized spacial score (nSPS) is 13.1. The molecule has 8 aromatic carbocycles. The number of para-hydroxylation sites is 1. The highest BCUT2D eigenvalue weighted by atomic mass is 16.3. The molecule has 0 aliphatic heterocycles. The fraction of sp³-hybridized carbons (Fsp3) is 0.0588. The summed E-state index contributed by atoms with van der Waals surface area (Å²) in [6.45, 7) is 4.69. The molecule has 0 spiro atoms. The van der Waals surface area contributed by atoms with E-state index in [9.17, 15) is 0 Å². The second kappa shape index (κ2) is 11.6. The van der Waals surface area contributed by atoms with Crippen LogP contribution in [0.2, 0.25) is 0 Å². The van der Waals surface area contributed by atoms with Crippen LogP contribution < -0.4 is 4.90 Å². The number of furan rings is 2. The molecule has 0 radical (unpaired) electrons. The summed E-state index contributed by atoms with van der Waals surface area (Å²) in [5.41, 5.74) is 16.3. The minimum absolute atomic E-state index is 0.161. The molecule has 2 heterocycles. The number of fused-ring (bicyclic) bond motifs is 9. The van der Waals surface area contributed by atoms with Crippen LogP contribution in [0.15, 0.2) is 185 Å². The van der Waals surface area contributed by atoms with E-state index in [1.807, 2.05) is 0 Å². The highest BCUT2D eigenvalue weighted by Crippen LogP contribution is 2.53. The van der Waals surface area contributed by atoms with Gasteiger partial charge in [-0.25, -0.2) is 0 Å². The zero-order valence-corrected chi connectivity index (χ0v) is 30.0. The Labute approximate surface area is 313 Å². The molecule has 0 amide bonds. The van der Waals surface area contributed by atoms with Gasteiger partial charge in [-0.1, -0.05) is 141 Å². The van der Waals surface area contributed by atoms with E-state index in [-0.39, 0.29) is 5.41 Å². The Morgan fingerprint density at radius 1 is 0.407 bits per heavy atom. The summed E-state index contributed by atoms with van der Waals surface area (Å²) in [4.78, 5) is 2.43. The minimum Gasteiger partial charge on any atom is -0.456 e. The van der Waals surface area contributed by atoms with Gasteiger partial charge < -0.3 is 13.7 Å². The topological polar surface area (TPSA) is 29.5 Å². The van der Waals surface area contributed by atoms with Crippen LogP contribution in [0, 0.1) is 0 Å². The predicted molar refractivity (Wildman–Crippen MR) is 224 cm³/mol. The maximum absolute atomic E-state index is 6.81. The number of hydrogen-bond donors (Lipinski definition) is 0. The molecule has 54 heavy (non-hydrogen) atoms. The summed E-state index contributed by atoms with van der Waals surface area (Å²) in [5.74, 6) is 0. The van der Waals surface area contributed by atoms with E-state index < -0.39 is 0 Å². The molecule has 0 N–H and O–H groups in total. The van der Waals surface area contributed by atoms with Gasteiger partial charge in [0.1, 0.15) is 22.3 Å². The molecule has 10 aromatic rings. The van der Waals surface area contributed by atoms with E-state index in [4.69, 9.17) is 8.83 Å². The van der Waals surface area contributed by atoms with E-state index in [1.165, 1.54) is 27.8 Å². The summed E-state index contributed by atoms with van der Waals surface area (Å²) in [5, 5.41) is 4.30. The van der Waals surface area contributed by atoms with E-state index in [2.05, 4.69) is 195 Å². The van der Waals surface area contributed by atoms with Crippen molar-refractivity contribution < 1.29 is 8.83 Å². The monoisotopic (exact) mass is 693 g/mol. The molecule has 0 saturated heterocycles. The number of nitrogens with zero attached hydrogens (tertiary/aromatic N) is 1. The van der Waals surface area contributed by atoms with E-state index in [1.54, 1.807) is 0 Å². The Kier molecular flexibility index (Phi) is 6.60. The van der Waals surface area contributed by atoms with E-state index in [0.717, 1.165) is 77.6 Å². The van der Waals surface area contributed by atoms with Crippen molar-refractivity contribution >= 4 is 60.9 Å². The van der Waals surface area contributed by atoms with Crippen LogP contribution in [0.5, 0.6) is 0 Å². The minimum atomic E-state index is -0.161. The Hall–Kier alpha value is -6.84. The molecule has 11 rings (SSSR count). The summed E-state index contributed by atoms with van der Waals surface area (Å²) in [7, 11) is 0. The van der Waals surface area contributed by atoms with Crippen molar-refractivity contribution in [3.05, 3.63) is 187 Å². The van der Waals surface area contributed by atoms with Crippen molar-refractivity contribution in [1.29, 1.82) is 0 Å². The lowest BCUT2D eigenvalue weighted by atomic mass is 9.82. The Balaban J connectivity index is 1.22. The summed E-state index contributed by atoms with van der Waals surface area (Å²) < 4.78 is 13.4. The van der Waals surface area contributed by atoms with Crippen LogP contribution >= 0.6 is 0 Å². The molecule has 1 aliphatic rings. The highest BCUT2D eigenvalue weighted by molar-refractivity contribution is 6.19. The van der Waals surface area contributed by atoms with Crippen LogP contribution in [0.4, 0.5) is 17.1 Å². The third-order valence-corrected chi connectivity index (χ3v) is 11.5. The lowest BCUT2D eigenvalue weighted by Gasteiger charge is -2.29. The van der Waals surface area contributed by atoms with Gasteiger partial charge in [0, 0.05) is 27.4 Å². The smallest absolute Gasteiger partial charge is 0.143 e. The molecule has 1 aliphatic carbocycles. The molecular weight excluding hydrogens is 659 g/mol. The summed E-state index contributed by atoms with van der Waals surface area (Å²) in [6.07, 6.45) is 0. The third-order valence-electron chi connectivity index (χ3n) is 11.5. The zero-order valence-electron chi connectivity index (χ0n) is 30.0. The molecular formula is C51H35NO2. The van der Waals surface area contributed by atoms with Gasteiger partial charge in [-0.05, 0) is 87.5 Å². The molecule has 0 bridgehead atoms. The Morgan fingerprint density at radius 2 is 1.04 bits per heavy atom. The third kappa shape index (κ3) is 4.48. The Morgan fingerprint density at radius 3 is 1.81 bits per heavy atom. The lowest BCUT2D eigenvalue weighted by Crippen LogP contribution is -2.16. The number of rotatable bonds is 5. The molecule has 3 nitrogen and oxygen atoms in total. The van der Waals surface area contributed by atoms with E-state index >= 15 is 0 Å². The van der Waals surface area contributed by atoms with Gasteiger partial charge in [0.25, 0.3) is 0 Å². The van der Waals surface area contributed by atoms with Crippen LogP contribution in [0.1, 0.15) is 25.0 Å². The van der Waals surface area contributed by atoms with Gasteiger partial charge in [0.05, 0.1) is 22.1 Å². The van der Waals surface area contributed by atoms with Crippen molar-refractivity contribution in [2.75, 3.05) is 4.90 Å².